The minimum Gasteiger partial charge on any atom is -0.354 e. The van der Waals surface area contributed by atoms with Crippen molar-refractivity contribution in [3.05, 3.63) is 24.0 Å². The SMILES string of the molecule is CCCCn1ccc([C@H](C)NCC)c1. The highest BCUT2D eigenvalue weighted by molar-refractivity contribution is 5.14. The molecule has 0 aliphatic rings. The molecule has 0 aromatic carbocycles. The summed E-state index contributed by atoms with van der Waals surface area (Å²) in [6.45, 7) is 8.76. The first kappa shape index (κ1) is 11.3. The smallest absolute Gasteiger partial charge is 0.0306 e. The van der Waals surface area contributed by atoms with Gasteiger partial charge < -0.3 is 9.88 Å². The van der Waals surface area contributed by atoms with Crippen LogP contribution in [0.25, 0.3) is 0 Å². The van der Waals surface area contributed by atoms with Gasteiger partial charge in [-0.05, 0) is 31.5 Å². The fourth-order valence-corrected chi connectivity index (χ4v) is 1.62. The molecule has 1 aromatic heterocycles. The zero-order valence-corrected chi connectivity index (χ0v) is 9.59. The van der Waals surface area contributed by atoms with E-state index in [4.69, 9.17) is 0 Å². The number of unbranched alkanes of at least 4 members (excludes halogenated alkanes) is 1. The van der Waals surface area contributed by atoms with Crippen molar-refractivity contribution in [2.75, 3.05) is 6.54 Å². The molecule has 2 nitrogen and oxygen atoms in total. The highest BCUT2D eigenvalue weighted by Crippen LogP contribution is 2.12. The van der Waals surface area contributed by atoms with E-state index in [1.807, 2.05) is 0 Å². The van der Waals surface area contributed by atoms with Crippen LogP contribution in [-0.2, 0) is 6.54 Å². The molecule has 0 saturated carbocycles. The Balaban J connectivity index is 2.49. The molecule has 1 heterocycles. The molecule has 1 N–H and O–H groups in total. The summed E-state index contributed by atoms with van der Waals surface area (Å²) in [5.41, 5.74) is 1.39. The van der Waals surface area contributed by atoms with E-state index in [-0.39, 0.29) is 0 Å². The highest BCUT2D eigenvalue weighted by Gasteiger charge is 2.04. The zero-order valence-electron chi connectivity index (χ0n) is 9.59. The number of nitrogens with one attached hydrogen (secondary N) is 1. The summed E-state index contributed by atoms with van der Waals surface area (Å²) in [5.74, 6) is 0. The maximum absolute atomic E-state index is 3.42. The molecule has 0 radical (unpaired) electrons. The lowest BCUT2D eigenvalue weighted by atomic mass is 10.2. The Morgan fingerprint density at radius 2 is 2.21 bits per heavy atom. The molecule has 14 heavy (non-hydrogen) atoms. The summed E-state index contributed by atoms with van der Waals surface area (Å²) in [6.07, 6.45) is 6.96. The monoisotopic (exact) mass is 194 g/mol. The van der Waals surface area contributed by atoms with Crippen molar-refractivity contribution in [3.63, 3.8) is 0 Å². The van der Waals surface area contributed by atoms with Gasteiger partial charge in [0.15, 0.2) is 0 Å². The van der Waals surface area contributed by atoms with Crippen LogP contribution < -0.4 is 5.32 Å². The standard InChI is InChI=1S/C12H22N2/c1-4-6-8-14-9-7-12(10-14)11(3)13-5-2/h7,9-11,13H,4-6,8H2,1-3H3/t11-/m0/s1. The third kappa shape index (κ3) is 3.18. The summed E-state index contributed by atoms with van der Waals surface area (Å²) in [4.78, 5) is 0. The van der Waals surface area contributed by atoms with Crippen LogP contribution in [0.1, 0.15) is 45.2 Å². The summed E-state index contributed by atoms with van der Waals surface area (Å²) in [6, 6.07) is 2.69. The van der Waals surface area contributed by atoms with E-state index in [1.165, 1.54) is 18.4 Å². The summed E-state index contributed by atoms with van der Waals surface area (Å²) < 4.78 is 2.28. The molecular formula is C12H22N2. The lowest BCUT2D eigenvalue weighted by molar-refractivity contribution is 0.590. The second-order valence-electron chi connectivity index (χ2n) is 3.82. The van der Waals surface area contributed by atoms with Crippen molar-refractivity contribution in [1.29, 1.82) is 0 Å². The maximum Gasteiger partial charge on any atom is 0.0306 e. The minimum absolute atomic E-state index is 0.475. The molecule has 0 unspecified atom stereocenters. The van der Waals surface area contributed by atoms with Crippen molar-refractivity contribution in [2.45, 2.75) is 46.2 Å². The Morgan fingerprint density at radius 3 is 2.86 bits per heavy atom. The number of nitrogens with zero attached hydrogens (tertiary/aromatic N) is 1. The van der Waals surface area contributed by atoms with Crippen LogP contribution in [0.5, 0.6) is 0 Å². The van der Waals surface area contributed by atoms with Gasteiger partial charge in [0.05, 0.1) is 0 Å². The molecule has 0 bridgehead atoms. The third-order valence-corrected chi connectivity index (χ3v) is 2.55. The molecule has 1 rings (SSSR count). The Morgan fingerprint density at radius 1 is 1.43 bits per heavy atom. The fraction of sp³-hybridized carbons (Fsp3) is 0.667. The first-order valence-electron chi connectivity index (χ1n) is 5.67. The van der Waals surface area contributed by atoms with Crippen LogP contribution in [0.15, 0.2) is 18.5 Å². The second kappa shape index (κ2) is 5.86. The predicted octanol–water partition coefficient (Wildman–Crippen LogP) is 2.96. The number of aryl methyl sites for hydroxylation is 1. The van der Waals surface area contributed by atoms with Crippen molar-refractivity contribution >= 4 is 0 Å². The van der Waals surface area contributed by atoms with Crippen LogP contribution in [0.2, 0.25) is 0 Å². The maximum atomic E-state index is 3.42. The van der Waals surface area contributed by atoms with E-state index >= 15 is 0 Å². The lowest BCUT2D eigenvalue weighted by Gasteiger charge is -2.09. The fourth-order valence-electron chi connectivity index (χ4n) is 1.62. The number of rotatable bonds is 6. The quantitative estimate of drug-likeness (QED) is 0.736. The van der Waals surface area contributed by atoms with E-state index in [0.717, 1.165) is 13.1 Å². The molecule has 2 heteroatoms. The Labute approximate surface area is 87.3 Å². The van der Waals surface area contributed by atoms with Gasteiger partial charge in [-0.3, -0.25) is 0 Å². The van der Waals surface area contributed by atoms with E-state index in [9.17, 15) is 0 Å². The molecule has 80 valence electrons. The lowest BCUT2D eigenvalue weighted by Crippen LogP contribution is -2.17. The van der Waals surface area contributed by atoms with Crippen LogP contribution in [0.3, 0.4) is 0 Å². The van der Waals surface area contributed by atoms with Crippen LogP contribution in [0.4, 0.5) is 0 Å². The van der Waals surface area contributed by atoms with Crippen molar-refractivity contribution in [2.24, 2.45) is 0 Å². The van der Waals surface area contributed by atoms with E-state index in [1.54, 1.807) is 0 Å². The first-order chi connectivity index (χ1) is 6.77. The van der Waals surface area contributed by atoms with Gasteiger partial charge in [-0.2, -0.15) is 0 Å². The number of aromatic nitrogens is 1. The van der Waals surface area contributed by atoms with Gasteiger partial charge in [0.1, 0.15) is 0 Å². The first-order valence-corrected chi connectivity index (χ1v) is 5.67. The molecule has 1 atom stereocenters. The predicted molar refractivity (Wildman–Crippen MR) is 61.4 cm³/mol. The molecule has 0 aliphatic carbocycles. The second-order valence-corrected chi connectivity index (χ2v) is 3.82. The van der Waals surface area contributed by atoms with Crippen molar-refractivity contribution < 1.29 is 0 Å². The van der Waals surface area contributed by atoms with Crippen LogP contribution in [-0.4, -0.2) is 11.1 Å². The van der Waals surface area contributed by atoms with E-state index in [0.29, 0.717) is 6.04 Å². The Bertz CT molecular complexity index is 253. The molecule has 0 fully saturated rings. The van der Waals surface area contributed by atoms with Gasteiger partial charge >= 0.3 is 0 Å². The minimum atomic E-state index is 0.475. The topological polar surface area (TPSA) is 17.0 Å². The van der Waals surface area contributed by atoms with Gasteiger partial charge in [-0.15, -0.1) is 0 Å². The number of hydrogen-bond donors (Lipinski definition) is 1. The largest absolute Gasteiger partial charge is 0.354 e. The summed E-state index contributed by atoms with van der Waals surface area (Å²) >= 11 is 0. The normalized spacial score (nSPS) is 13.1. The average molecular weight is 194 g/mol. The Kier molecular flexibility index (Phi) is 4.74. The van der Waals surface area contributed by atoms with Crippen LogP contribution in [0, 0.1) is 0 Å². The molecule has 0 aliphatic heterocycles. The molecule has 0 spiro atoms. The van der Waals surface area contributed by atoms with Crippen molar-refractivity contribution in [3.8, 4) is 0 Å². The van der Waals surface area contributed by atoms with Gasteiger partial charge in [-0.1, -0.05) is 20.3 Å². The van der Waals surface area contributed by atoms with E-state index < -0.39 is 0 Å². The molecular weight excluding hydrogens is 172 g/mol. The summed E-state index contributed by atoms with van der Waals surface area (Å²) in [7, 11) is 0. The average Bonchev–Trinajstić information content (AvgIpc) is 2.63. The van der Waals surface area contributed by atoms with Gasteiger partial charge in [0, 0.05) is 25.0 Å². The molecule has 0 amide bonds. The molecule has 1 aromatic rings. The Hall–Kier alpha value is -0.760. The van der Waals surface area contributed by atoms with Gasteiger partial charge in [0.2, 0.25) is 0 Å². The van der Waals surface area contributed by atoms with Crippen LogP contribution >= 0.6 is 0 Å². The molecule has 0 saturated heterocycles. The zero-order chi connectivity index (χ0) is 10.4. The van der Waals surface area contributed by atoms with Gasteiger partial charge in [-0.25, -0.2) is 0 Å². The van der Waals surface area contributed by atoms with E-state index in [2.05, 4.69) is 49.1 Å². The third-order valence-electron chi connectivity index (χ3n) is 2.55. The van der Waals surface area contributed by atoms with Gasteiger partial charge in [0.25, 0.3) is 0 Å². The number of hydrogen-bond acceptors (Lipinski definition) is 1. The highest BCUT2D eigenvalue weighted by atomic mass is 15.0. The summed E-state index contributed by atoms with van der Waals surface area (Å²) in [5, 5.41) is 3.42. The van der Waals surface area contributed by atoms with Crippen molar-refractivity contribution in [1.82, 2.24) is 9.88 Å².